The summed E-state index contributed by atoms with van der Waals surface area (Å²) in [7, 11) is -3.49. The molecule has 1 aromatic carbocycles. The number of benzene rings is 1. The molecule has 1 atom stereocenters. The van der Waals surface area contributed by atoms with Gasteiger partial charge in [-0.3, -0.25) is 4.79 Å². The first-order valence-electron chi connectivity index (χ1n) is 8.04. The van der Waals surface area contributed by atoms with E-state index in [2.05, 4.69) is 5.32 Å². The number of amides is 1. The van der Waals surface area contributed by atoms with Crippen LogP contribution in [-0.2, 0) is 10.0 Å². The van der Waals surface area contributed by atoms with Crippen LogP contribution in [0.2, 0.25) is 0 Å². The van der Waals surface area contributed by atoms with Crippen LogP contribution in [0, 0.1) is 5.92 Å². The number of hydrogen-bond acceptors (Lipinski definition) is 4. The summed E-state index contributed by atoms with van der Waals surface area (Å²) in [5.74, 6) is 0.296. The molecular weight excluding hydrogens is 350 g/mol. The van der Waals surface area contributed by atoms with Gasteiger partial charge in [0.2, 0.25) is 10.0 Å². The van der Waals surface area contributed by atoms with E-state index in [9.17, 15) is 13.2 Å². The quantitative estimate of drug-likeness (QED) is 0.721. The van der Waals surface area contributed by atoms with Gasteiger partial charge in [-0.25, -0.2) is 8.42 Å². The van der Waals surface area contributed by atoms with Crippen molar-refractivity contribution in [3.8, 4) is 0 Å². The summed E-state index contributed by atoms with van der Waals surface area (Å²) in [6, 6.07) is 6.02. The summed E-state index contributed by atoms with van der Waals surface area (Å²) in [6.45, 7) is 4.88. The summed E-state index contributed by atoms with van der Waals surface area (Å²) >= 11 is 0. The van der Waals surface area contributed by atoms with E-state index in [-0.39, 0.29) is 29.3 Å². The van der Waals surface area contributed by atoms with Gasteiger partial charge < -0.3 is 11.1 Å². The van der Waals surface area contributed by atoms with E-state index in [0.717, 1.165) is 12.8 Å². The van der Waals surface area contributed by atoms with E-state index >= 15 is 0 Å². The molecule has 0 heterocycles. The van der Waals surface area contributed by atoms with Gasteiger partial charge in [0.15, 0.2) is 0 Å². The largest absolute Gasteiger partial charge is 0.350 e. The Hall–Kier alpha value is -1.15. The molecule has 3 N–H and O–H groups in total. The molecule has 1 fully saturated rings. The molecule has 1 aromatic rings. The first-order valence-corrected chi connectivity index (χ1v) is 9.48. The Bertz CT molecular complexity index is 641. The average Bonchev–Trinajstić information content (AvgIpc) is 3.38. The molecule has 24 heavy (non-hydrogen) atoms. The lowest BCUT2D eigenvalue weighted by Gasteiger charge is -2.18. The summed E-state index contributed by atoms with van der Waals surface area (Å²) < 4.78 is 26.1. The van der Waals surface area contributed by atoms with Crippen molar-refractivity contribution >= 4 is 28.3 Å². The molecule has 0 aliphatic heterocycles. The smallest absolute Gasteiger partial charge is 0.251 e. The molecule has 1 amide bonds. The van der Waals surface area contributed by atoms with Crippen LogP contribution in [0.5, 0.6) is 0 Å². The second kappa shape index (κ2) is 8.80. The second-order valence-corrected chi connectivity index (χ2v) is 7.76. The highest BCUT2D eigenvalue weighted by molar-refractivity contribution is 7.89. The number of rotatable bonds is 8. The van der Waals surface area contributed by atoms with Gasteiger partial charge in [-0.05, 0) is 43.0 Å². The number of hydrogen-bond donors (Lipinski definition) is 2. The van der Waals surface area contributed by atoms with Crippen molar-refractivity contribution in [1.82, 2.24) is 9.62 Å². The van der Waals surface area contributed by atoms with E-state index in [0.29, 0.717) is 31.1 Å². The van der Waals surface area contributed by atoms with Crippen LogP contribution in [0.15, 0.2) is 29.2 Å². The minimum absolute atomic E-state index is 0. The number of nitrogens with two attached hydrogens (primary N) is 1. The molecule has 1 aliphatic rings. The Balaban J connectivity index is 0.00000288. The minimum atomic E-state index is -3.49. The van der Waals surface area contributed by atoms with E-state index < -0.39 is 10.0 Å². The van der Waals surface area contributed by atoms with Gasteiger partial charge in [-0.15, -0.1) is 12.4 Å². The third-order valence-corrected chi connectivity index (χ3v) is 6.25. The molecular formula is C16H26ClN3O3S. The summed E-state index contributed by atoms with van der Waals surface area (Å²) in [5, 5.41) is 2.80. The molecule has 6 nitrogen and oxygen atoms in total. The van der Waals surface area contributed by atoms with Crippen LogP contribution in [0.3, 0.4) is 0 Å². The van der Waals surface area contributed by atoms with Crippen molar-refractivity contribution in [2.45, 2.75) is 37.6 Å². The number of carbonyl (C=O) groups is 1. The van der Waals surface area contributed by atoms with Crippen molar-refractivity contribution in [2.75, 3.05) is 19.6 Å². The molecule has 0 aromatic heterocycles. The molecule has 1 unspecified atom stereocenters. The van der Waals surface area contributed by atoms with Crippen LogP contribution in [0.4, 0.5) is 0 Å². The van der Waals surface area contributed by atoms with Crippen LogP contribution in [0.25, 0.3) is 0 Å². The molecule has 0 spiro atoms. The second-order valence-electron chi connectivity index (χ2n) is 5.83. The lowest BCUT2D eigenvalue weighted by Crippen LogP contribution is -2.38. The fraction of sp³-hybridized carbons (Fsp3) is 0.562. The SMILES string of the molecule is CCN(CC)S(=O)(=O)c1ccc(C(=O)NCC(N)C2CC2)cc1.Cl. The number of halogens is 1. The van der Waals surface area contributed by atoms with Crippen LogP contribution < -0.4 is 11.1 Å². The van der Waals surface area contributed by atoms with Gasteiger partial charge in [0.05, 0.1) is 4.90 Å². The fourth-order valence-corrected chi connectivity index (χ4v) is 3.95. The van der Waals surface area contributed by atoms with E-state index in [1.807, 2.05) is 0 Å². The van der Waals surface area contributed by atoms with Crippen molar-refractivity contribution < 1.29 is 13.2 Å². The summed E-state index contributed by atoms with van der Waals surface area (Å²) in [4.78, 5) is 12.3. The zero-order valence-corrected chi connectivity index (χ0v) is 15.7. The Labute approximate surface area is 150 Å². The monoisotopic (exact) mass is 375 g/mol. The van der Waals surface area contributed by atoms with Crippen molar-refractivity contribution in [3.05, 3.63) is 29.8 Å². The van der Waals surface area contributed by atoms with E-state index in [4.69, 9.17) is 5.73 Å². The standard InChI is InChI=1S/C16H25N3O3S.ClH/c1-3-19(4-2)23(21,22)14-9-7-13(8-10-14)16(20)18-11-15(17)12-5-6-12;/h7-10,12,15H,3-6,11,17H2,1-2H3,(H,18,20);1H. The zero-order chi connectivity index (χ0) is 17.0. The summed E-state index contributed by atoms with van der Waals surface area (Å²) in [5.41, 5.74) is 6.39. The van der Waals surface area contributed by atoms with Crippen LogP contribution >= 0.6 is 12.4 Å². The maximum Gasteiger partial charge on any atom is 0.251 e. The maximum atomic E-state index is 12.4. The molecule has 136 valence electrons. The molecule has 1 aliphatic carbocycles. The van der Waals surface area contributed by atoms with E-state index in [1.165, 1.54) is 28.6 Å². The molecule has 0 saturated heterocycles. The first-order chi connectivity index (χ1) is 10.9. The van der Waals surface area contributed by atoms with Crippen LogP contribution in [0.1, 0.15) is 37.0 Å². The normalized spacial score (nSPS) is 15.7. The third-order valence-electron chi connectivity index (χ3n) is 4.19. The highest BCUT2D eigenvalue weighted by atomic mass is 35.5. The highest BCUT2D eigenvalue weighted by Gasteiger charge is 2.28. The molecule has 2 rings (SSSR count). The first kappa shape index (κ1) is 20.9. The van der Waals surface area contributed by atoms with Gasteiger partial charge >= 0.3 is 0 Å². The molecule has 8 heteroatoms. The average molecular weight is 376 g/mol. The number of carbonyl (C=O) groups excluding carboxylic acids is 1. The molecule has 0 bridgehead atoms. The topological polar surface area (TPSA) is 92.5 Å². The van der Waals surface area contributed by atoms with Crippen molar-refractivity contribution in [2.24, 2.45) is 11.7 Å². The van der Waals surface area contributed by atoms with Crippen molar-refractivity contribution in [3.63, 3.8) is 0 Å². The number of sulfonamides is 1. The highest BCUT2D eigenvalue weighted by Crippen LogP contribution is 2.31. The Morgan fingerprint density at radius 2 is 1.79 bits per heavy atom. The minimum Gasteiger partial charge on any atom is -0.350 e. The van der Waals surface area contributed by atoms with E-state index in [1.54, 1.807) is 13.8 Å². The fourth-order valence-electron chi connectivity index (χ4n) is 2.49. The lowest BCUT2D eigenvalue weighted by atomic mass is 10.2. The van der Waals surface area contributed by atoms with Gasteiger partial charge in [-0.2, -0.15) is 4.31 Å². The molecule has 0 radical (unpaired) electrons. The van der Waals surface area contributed by atoms with Gasteiger partial charge in [0.25, 0.3) is 5.91 Å². The summed E-state index contributed by atoms with van der Waals surface area (Å²) in [6.07, 6.45) is 2.27. The number of nitrogens with zero attached hydrogens (tertiary/aromatic N) is 1. The Morgan fingerprint density at radius 1 is 1.25 bits per heavy atom. The lowest BCUT2D eigenvalue weighted by molar-refractivity contribution is 0.0950. The molecule has 1 saturated carbocycles. The number of nitrogens with one attached hydrogen (secondary N) is 1. The van der Waals surface area contributed by atoms with Gasteiger partial charge in [0.1, 0.15) is 0 Å². The van der Waals surface area contributed by atoms with Gasteiger partial charge in [0, 0.05) is 31.2 Å². The van der Waals surface area contributed by atoms with Crippen molar-refractivity contribution in [1.29, 1.82) is 0 Å². The maximum absolute atomic E-state index is 12.4. The zero-order valence-electron chi connectivity index (χ0n) is 14.1. The Kier molecular flexibility index (Phi) is 7.66. The predicted molar refractivity (Wildman–Crippen MR) is 96.8 cm³/mol. The third kappa shape index (κ3) is 4.92. The van der Waals surface area contributed by atoms with Crippen LogP contribution in [-0.4, -0.2) is 44.3 Å². The van der Waals surface area contributed by atoms with Gasteiger partial charge in [-0.1, -0.05) is 13.8 Å². The predicted octanol–water partition coefficient (Wildman–Crippen LogP) is 1.61. The Morgan fingerprint density at radius 3 is 2.25 bits per heavy atom.